The molecule has 0 aromatic heterocycles. The molecule has 0 spiro atoms. The number of benzene rings is 2. The van der Waals surface area contributed by atoms with Crippen LogP contribution in [-0.2, 0) is 30.3 Å². The van der Waals surface area contributed by atoms with Gasteiger partial charge in [-0.1, -0.05) is 30.3 Å². The van der Waals surface area contributed by atoms with Crippen molar-refractivity contribution in [3.05, 3.63) is 65.2 Å². The zero-order valence-electron chi connectivity index (χ0n) is 24.8. The second-order valence-electron chi connectivity index (χ2n) is 10.3. The first-order chi connectivity index (χ1) is 21.0. The molecule has 236 valence electrons. The van der Waals surface area contributed by atoms with Crippen LogP contribution in [0.25, 0.3) is 0 Å². The number of esters is 2. The van der Waals surface area contributed by atoms with Gasteiger partial charge in [-0.2, -0.15) is 0 Å². The van der Waals surface area contributed by atoms with Crippen molar-refractivity contribution in [3.8, 4) is 0 Å². The highest BCUT2D eigenvalue weighted by Gasteiger charge is 2.37. The highest BCUT2D eigenvalue weighted by atomic mass is 16.5. The summed E-state index contributed by atoms with van der Waals surface area (Å²) in [4.78, 5) is 70.0. The minimum Gasteiger partial charge on any atom is -0.465 e. The summed E-state index contributed by atoms with van der Waals surface area (Å²) in [5.74, 6) is -3.07. The first kappa shape index (κ1) is 33.5. The van der Waals surface area contributed by atoms with Crippen LogP contribution in [0.1, 0.15) is 52.0 Å². The molecule has 3 amide bonds. The van der Waals surface area contributed by atoms with Crippen molar-refractivity contribution in [2.24, 2.45) is 22.2 Å². The number of anilines is 1. The van der Waals surface area contributed by atoms with Gasteiger partial charge in [0.05, 0.1) is 31.4 Å². The molecular formula is C30H39N7O7. The largest absolute Gasteiger partial charge is 0.465 e. The van der Waals surface area contributed by atoms with Crippen LogP contribution in [0.4, 0.5) is 5.69 Å². The van der Waals surface area contributed by atoms with Gasteiger partial charge in [0.1, 0.15) is 12.1 Å². The smallest absolute Gasteiger partial charge is 0.337 e. The van der Waals surface area contributed by atoms with Gasteiger partial charge in [-0.25, -0.2) is 9.59 Å². The lowest BCUT2D eigenvalue weighted by atomic mass is 10.0. The van der Waals surface area contributed by atoms with E-state index in [1.165, 1.54) is 37.3 Å². The zero-order valence-corrected chi connectivity index (χ0v) is 24.8. The number of guanidine groups is 1. The van der Waals surface area contributed by atoms with Gasteiger partial charge in [-0.15, -0.1) is 0 Å². The van der Waals surface area contributed by atoms with Crippen molar-refractivity contribution in [2.75, 3.05) is 32.6 Å². The fourth-order valence-corrected chi connectivity index (χ4v) is 4.91. The van der Waals surface area contributed by atoms with Gasteiger partial charge >= 0.3 is 11.9 Å². The third-order valence-electron chi connectivity index (χ3n) is 7.08. The lowest BCUT2D eigenvalue weighted by Crippen LogP contribution is -2.54. The number of carbonyl (C=O) groups excluding carboxylic acids is 5. The first-order valence-electron chi connectivity index (χ1n) is 14.1. The van der Waals surface area contributed by atoms with E-state index in [0.29, 0.717) is 32.2 Å². The number of nitrogens with zero attached hydrogens (tertiary/aromatic N) is 2. The fourth-order valence-electron chi connectivity index (χ4n) is 4.91. The van der Waals surface area contributed by atoms with E-state index < -0.39 is 41.9 Å². The zero-order chi connectivity index (χ0) is 32.2. The number of ether oxygens (including phenoxy) is 2. The molecule has 0 saturated carbocycles. The molecule has 1 saturated heterocycles. The molecule has 0 aliphatic carbocycles. The number of likely N-dealkylation sites (tertiary alicyclic amines) is 1. The number of nitrogens with two attached hydrogens (primary N) is 3. The molecule has 44 heavy (non-hydrogen) atoms. The van der Waals surface area contributed by atoms with Gasteiger partial charge in [-0.3, -0.25) is 19.4 Å². The number of amides is 3. The maximum absolute atomic E-state index is 13.5. The Balaban J connectivity index is 1.78. The Labute approximate surface area is 255 Å². The normalized spacial score (nSPS) is 15.4. The number of carbonyl (C=O) groups is 5. The molecule has 1 fully saturated rings. The number of rotatable bonds is 13. The highest BCUT2D eigenvalue weighted by molar-refractivity contribution is 6.02. The lowest BCUT2D eigenvalue weighted by Gasteiger charge is -2.28. The molecule has 3 atom stereocenters. The number of hydrogen-bond acceptors (Lipinski definition) is 9. The van der Waals surface area contributed by atoms with E-state index >= 15 is 0 Å². The lowest BCUT2D eigenvalue weighted by molar-refractivity contribution is -0.140. The quantitative estimate of drug-likeness (QED) is 0.0904. The number of methoxy groups -OCH3 is 2. The topological polar surface area (TPSA) is 222 Å². The number of hydrogen-bond donors (Lipinski definition) is 5. The molecule has 0 radical (unpaired) electrons. The molecule has 14 nitrogen and oxygen atoms in total. The van der Waals surface area contributed by atoms with Crippen LogP contribution in [0.15, 0.2) is 53.5 Å². The van der Waals surface area contributed by atoms with Gasteiger partial charge < -0.3 is 42.2 Å². The van der Waals surface area contributed by atoms with E-state index in [4.69, 9.17) is 26.7 Å². The molecule has 1 aliphatic heterocycles. The van der Waals surface area contributed by atoms with Crippen LogP contribution >= 0.6 is 0 Å². The molecule has 0 bridgehead atoms. The summed E-state index contributed by atoms with van der Waals surface area (Å²) in [6.45, 7) is 0.562. The predicted octanol–water partition coefficient (Wildman–Crippen LogP) is 0.298. The maximum Gasteiger partial charge on any atom is 0.337 e. The molecule has 1 aliphatic rings. The highest BCUT2D eigenvalue weighted by Crippen LogP contribution is 2.21. The first-order valence-corrected chi connectivity index (χ1v) is 14.1. The van der Waals surface area contributed by atoms with Crippen molar-refractivity contribution in [2.45, 2.75) is 50.2 Å². The minimum atomic E-state index is -1.07. The summed E-state index contributed by atoms with van der Waals surface area (Å²) in [7, 11) is 2.36. The van der Waals surface area contributed by atoms with E-state index in [1.54, 1.807) is 0 Å². The second-order valence-corrected chi connectivity index (χ2v) is 10.3. The Bertz CT molecular complexity index is 1340. The van der Waals surface area contributed by atoms with Crippen molar-refractivity contribution < 1.29 is 33.4 Å². The molecular weight excluding hydrogens is 570 g/mol. The summed E-state index contributed by atoms with van der Waals surface area (Å²) in [6, 6.07) is 10.6. The van der Waals surface area contributed by atoms with E-state index in [2.05, 4.69) is 15.6 Å². The SMILES string of the molecule is COC(=O)c1cc(NC(=O)[C@H](CCCN=C(N)N)NC(=O)[C@@H]2CCCN2C(=O)[C@H](N)Cc2ccccc2)cc(C(=O)OC)c1. The van der Waals surface area contributed by atoms with E-state index in [-0.39, 0.29) is 41.6 Å². The van der Waals surface area contributed by atoms with Crippen LogP contribution in [-0.4, -0.2) is 86.0 Å². The molecule has 14 heteroatoms. The van der Waals surface area contributed by atoms with E-state index in [0.717, 1.165) is 5.56 Å². The maximum atomic E-state index is 13.5. The third-order valence-corrected chi connectivity index (χ3v) is 7.08. The molecule has 8 N–H and O–H groups in total. The van der Waals surface area contributed by atoms with Crippen LogP contribution < -0.4 is 27.8 Å². The fraction of sp³-hybridized carbons (Fsp3) is 0.400. The van der Waals surface area contributed by atoms with Gasteiger partial charge in [0, 0.05) is 18.8 Å². The average molecular weight is 610 g/mol. The number of nitrogens with one attached hydrogen (secondary N) is 2. The standard InChI is InChI=1S/C30H39N7O7/c1-43-28(41)19-15-20(29(42)44-2)17-21(16-19)35-25(38)23(10-6-12-34-30(32)33)36-26(39)24-11-7-13-37(24)27(40)22(31)14-18-8-4-3-5-9-18/h3-5,8-9,15-17,22-24H,6-7,10-14,31H2,1-2H3,(H,35,38)(H,36,39)(H4,32,33,34)/t22-,23+,24+/m1/s1. The summed E-state index contributed by atoms with van der Waals surface area (Å²) in [5.41, 5.74) is 18.1. The van der Waals surface area contributed by atoms with Crippen LogP contribution in [0.2, 0.25) is 0 Å². The van der Waals surface area contributed by atoms with Crippen LogP contribution in [0.3, 0.4) is 0 Å². The van der Waals surface area contributed by atoms with E-state index in [9.17, 15) is 24.0 Å². The Morgan fingerprint density at radius 1 is 1.00 bits per heavy atom. The molecule has 2 aromatic rings. The van der Waals surface area contributed by atoms with Crippen molar-refractivity contribution in [3.63, 3.8) is 0 Å². The molecule has 3 rings (SSSR count). The predicted molar refractivity (Wildman–Crippen MR) is 162 cm³/mol. The average Bonchev–Trinajstić information content (AvgIpc) is 3.51. The summed E-state index contributed by atoms with van der Waals surface area (Å²) >= 11 is 0. The molecule has 1 heterocycles. The van der Waals surface area contributed by atoms with Gasteiger partial charge in [0.2, 0.25) is 17.7 Å². The Morgan fingerprint density at radius 2 is 1.64 bits per heavy atom. The van der Waals surface area contributed by atoms with E-state index in [1.807, 2.05) is 30.3 Å². The Kier molecular flexibility index (Phi) is 12.2. The van der Waals surface area contributed by atoms with Crippen molar-refractivity contribution >= 4 is 41.3 Å². The number of aliphatic imine (C=N–C) groups is 1. The van der Waals surface area contributed by atoms with Crippen LogP contribution in [0, 0.1) is 0 Å². The van der Waals surface area contributed by atoms with Gasteiger partial charge in [-0.05, 0) is 55.9 Å². The van der Waals surface area contributed by atoms with Crippen LogP contribution in [0.5, 0.6) is 0 Å². The monoisotopic (exact) mass is 609 g/mol. The van der Waals surface area contributed by atoms with Crippen molar-refractivity contribution in [1.82, 2.24) is 10.2 Å². The van der Waals surface area contributed by atoms with Gasteiger partial charge in [0.15, 0.2) is 5.96 Å². The van der Waals surface area contributed by atoms with Crippen molar-refractivity contribution in [1.29, 1.82) is 0 Å². The summed E-state index contributed by atoms with van der Waals surface area (Å²) in [5, 5.41) is 5.41. The Morgan fingerprint density at radius 3 is 2.23 bits per heavy atom. The second kappa shape index (κ2) is 16.0. The summed E-state index contributed by atoms with van der Waals surface area (Å²) < 4.78 is 9.50. The Hall–Kier alpha value is -4.98. The van der Waals surface area contributed by atoms with Gasteiger partial charge in [0.25, 0.3) is 0 Å². The molecule has 0 unspecified atom stereocenters. The third kappa shape index (κ3) is 9.26. The molecule has 2 aromatic carbocycles. The summed E-state index contributed by atoms with van der Waals surface area (Å²) in [6.07, 6.45) is 1.80. The minimum absolute atomic E-state index is 0.00555.